The maximum atomic E-state index is 6.26. The van der Waals surface area contributed by atoms with E-state index in [-0.39, 0.29) is 0 Å². The van der Waals surface area contributed by atoms with Crippen LogP contribution in [0.1, 0.15) is 35.4 Å². The first-order chi connectivity index (χ1) is 9.63. The first-order valence-corrected chi connectivity index (χ1v) is 7.59. The molecule has 0 radical (unpaired) electrons. The van der Waals surface area contributed by atoms with Crippen molar-refractivity contribution in [1.82, 2.24) is 0 Å². The molecule has 20 heavy (non-hydrogen) atoms. The highest BCUT2D eigenvalue weighted by molar-refractivity contribution is 6.31. The van der Waals surface area contributed by atoms with E-state index in [1.165, 1.54) is 22.4 Å². The molecule has 1 fully saturated rings. The van der Waals surface area contributed by atoms with Crippen molar-refractivity contribution in [2.45, 2.75) is 38.6 Å². The van der Waals surface area contributed by atoms with Crippen molar-refractivity contribution in [3.05, 3.63) is 64.2 Å². The first-order valence-electron chi connectivity index (χ1n) is 7.21. The fourth-order valence-electron chi connectivity index (χ4n) is 2.86. The molecule has 1 N–H and O–H groups in total. The Morgan fingerprint density at radius 1 is 1.00 bits per heavy atom. The lowest BCUT2D eigenvalue weighted by Gasteiger charge is -2.37. The zero-order valence-electron chi connectivity index (χ0n) is 12.0. The molecule has 0 aromatic heterocycles. The molecule has 0 aliphatic heterocycles. The van der Waals surface area contributed by atoms with Gasteiger partial charge in [0.25, 0.3) is 0 Å². The molecule has 104 valence electrons. The second-order valence-corrected chi connectivity index (χ2v) is 6.24. The van der Waals surface area contributed by atoms with Gasteiger partial charge in [-0.15, -0.1) is 0 Å². The van der Waals surface area contributed by atoms with Gasteiger partial charge in [0.15, 0.2) is 0 Å². The highest BCUT2D eigenvalue weighted by Gasteiger charge is 2.31. The minimum Gasteiger partial charge on any atom is -0.382 e. The van der Waals surface area contributed by atoms with E-state index < -0.39 is 0 Å². The number of rotatable bonds is 3. The van der Waals surface area contributed by atoms with E-state index in [0.29, 0.717) is 12.0 Å². The molecule has 0 heterocycles. The number of aryl methyl sites for hydroxylation is 2. The highest BCUT2D eigenvalue weighted by atomic mass is 35.5. The minimum absolute atomic E-state index is 0.568. The SMILES string of the molecule is Cc1ccc(NC2CC(c3ccccc3Cl)C2)cc1C. The molecular weight excluding hydrogens is 266 g/mol. The van der Waals surface area contributed by atoms with E-state index in [2.05, 4.69) is 49.5 Å². The summed E-state index contributed by atoms with van der Waals surface area (Å²) in [5.74, 6) is 0.604. The summed E-state index contributed by atoms with van der Waals surface area (Å²) < 4.78 is 0. The molecule has 0 atom stereocenters. The molecule has 2 aromatic rings. The van der Waals surface area contributed by atoms with Gasteiger partial charge in [-0.05, 0) is 67.5 Å². The molecule has 3 rings (SSSR count). The fraction of sp³-hybridized carbons (Fsp3) is 0.333. The van der Waals surface area contributed by atoms with E-state index in [9.17, 15) is 0 Å². The fourth-order valence-corrected chi connectivity index (χ4v) is 3.15. The topological polar surface area (TPSA) is 12.0 Å². The Morgan fingerprint density at radius 2 is 1.75 bits per heavy atom. The van der Waals surface area contributed by atoms with Gasteiger partial charge >= 0.3 is 0 Å². The standard InChI is InChI=1S/C18H20ClN/c1-12-7-8-15(9-13(12)2)20-16-10-14(11-16)17-5-3-4-6-18(17)19/h3-9,14,16,20H,10-11H2,1-2H3. The van der Waals surface area contributed by atoms with Crippen LogP contribution in [0.15, 0.2) is 42.5 Å². The lowest BCUT2D eigenvalue weighted by atomic mass is 9.75. The summed E-state index contributed by atoms with van der Waals surface area (Å²) in [7, 11) is 0. The smallest absolute Gasteiger partial charge is 0.0440 e. The summed E-state index contributed by atoms with van der Waals surface area (Å²) in [5.41, 5.74) is 5.22. The van der Waals surface area contributed by atoms with Crippen LogP contribution in [0, 0.1) is 13.8 Å². The monoisotopic (exact) mass is 285 g/mol. The molecule has 2 aromatic carbocycles. The van der Waals surface area contributed by atoms with Crippen molar-refractivity contribution in [2.24, 2.45) is 0 Å². The summed E-state index contributed by atoms with van der Waals surface area (Å²) in [6, 6.07) is 15.4. The first kappa shape index (κ1) is 13.5. The van der Waals surface area contributed by atoms with Crippen molar-refractivity contribution in [3.8, 4) is 0 Å². The number of nitrogens with one attached hydrogen (secondary N) is 1. The Bertz CT molecular complexity index is 615. The van der Waals surface area contributed by atoms with Gasteiger partial charge in [0.2, 0.25) is 0 Å². The average molecular weight is 286 g/mol. The molecule has 1 nitrogen and oxygen atoms in total. The second kappa shape index (κ2) is 5.49. The lowest BCUT2D eigenvalue weighted by Crippen LogP contribution is -2.34. The van der Waals surface area contributed by atoms with Crippen LogP contribution in [-0.2, 0) is 0 Å². The number of halogens is 1. The number of anilines is 1. The number of benzene rings is 2. The molecule has 1 aliphatic rings. The Labute approximate surface area is 126 Å². The summed E-state index contributed by atoms with van der Waals surface area (Å²) in [5, 5.41) is 4.53. The molecule has 0 amide bonds. The third-order valence-corrected chi connectivity index (χ3v) is 4.71. The third kappa shape index (κ3) is 2.69. The molecule has 2 heteroatoms. The summed E-state index contributed by atoms with van der Waals surface area (Å²) in [6.45, 7) is 4.31. The van der Waals surface area contributed by atoms with E-state index in [4.69, 9.17) is 11.6 Å². The largest absolute Gasteiger partial charge is 0.382 e. The Kier molecular flexibility index (Phi) is 3.71. The average Bonchev–Trinajstić information content (AvgIpc) is 2.39. The van der Waals surface area contributed by atoms with Gasteiger partial charge in [0.1, 0.15) is 0 Å². The molecule has 0 saturated heterocycles. The van der Waals surface area contributed by atoms with Crippen LogP contribution in [0.25, 0.3) is 0 Å². The van der Waals surface area contributed by atoms with Gasteiger partial charge in [0, 0.05) is 16.8 Å². The van der Waals surface area contributed by atoms with Crippen molar-refractivity contribution in [3.63, 3.8) is 0 Å². The normalized spacial score (nSPS) is 21.4. The van der Waals surface area contributed by atoms with Crippen molar-refractivity contribution < 1.29 is 0 Å². The van der Waals surface area contributed by atoms with Gasteiger partial charge in [0.05, 0.1) is 0 Å². The maximum Gasteiger partial charge on any atom is 0.0440 e. The van der Waals surface area contributed by atoms with Gasteiger partial charge in [-0.1, -0.05) is 35.9 Å². The van der Waals surface area contributed by atoms with Crippen LogP contribution in [0.3, 0.4) is 0 Å². The van der Waals surface area contributed by atoms with Crippen LogP contribution >= 0.6 is 11.6 Å². The molecular formula is C18H20ClN. The lowest BCUT2D eigenvalue weighted by molar-refractivity contribution is 0.374. The molecule has 1 aliphatic carbocycles. The Balaban J connectivity index is 1.61. The second-order valence-electron chi connectivity index (χ2n) is 5.83. The number of hydrogen-bond donors (Lipinski definition) is 1. The highest BCUT2D eigenvalue weighted by Crippen LogP contribution is 2.41. The minimum atomic E-state index is 0.568. The van der Waals surface area contributed by atoms with Crippen molar-refractivity contribution >= 4 is 17.3 Å². The van der Waals surface area contributed by atoms with Crippen LogP contribution in [0.4, 0.5) is 5.69 Å². The van der Waals surface area contributed by atoms with Crippen LogP contribution in [-0.4, -0.2) is 6.04 Å². The molecule has 0 unspecified atom stereocenters. The number of hydrogen-bond acceptors (Lipinski definition) is 1. The summed E-state index contributed by atoms with van der Waals surface area (Å²) in [6.07, 6.45) is 2.33. The van der Waals surface area contributed by atoms with Crippen molar-refractivity contribution in [2.75, 3.05) is 5.32 Å². The Morgan fingerprint density at radius 3 is 2.45 bits per heavy atom. The third-order valence-electron chi connectivity index (χ3n) is 4.36. The summed E-state index contributed by atoms with van der Waals surface area (Å²) in [4.78, 5) is 0. The van der Waals surface area contributed by atoms with E-state index in [1.807, 2.05) is 12.1 Å². The summed E-state index contributed by atoms with van der Waals surface area (Å²) >= 11 is 6.26. The zero-order chi connectivity index (χ0) is 14.1. The predicted octanol–water partition coefficient (Wildman–Crippen LogP) is 5.31. The van der Waals surface area contributed by atoms with E-state index >= 15 is 0 Å². The molecule has 0 bridgehead atoms. The van der Waals surface area contributed by atoms with Crippen molar-refractivity contribution in [1.29, 1.82) is 0 Å². The van der Waals surface area contributed by atoms with E-state index in [1.54, 1.807) is 0 Å². The van der Waals surface area contributed by atoms with Crippen LogP contribution in [0.5, 0.6) is 0 Å². The molecule has 1 saturated carbocycles. The molecule has 0 spiro atoms. The Hall–Kier alpha value is -1.47. The van der Waals surface area contributed by atoms with E-state index in [0.717, 1.165) is 17.9 Å². The predicted molar refractivity (Wildman–Crippen MR) is 86.8 cm³/mol. The van der Waals surface area contributed by atoms with Gasteiger partial charge in [-0.2, -0.15) is 0 Å². The van der Waals surface area contributed by atoms with Gasteiger partial charge in [-0.3, -0.25) is 0 Å². The van der Waals surface area contributed by atoms with Gasteiger partial charge in [-0.25, -0.2) is 0 Å². The van der Waals surface area contributed by atoms with Gasteiger partial charge < -0.3 is 5.32 Å². The van der Waals surface area contributed by atoms with Crippen LogP contribution in [0.2, 0.25) is 5.02 Å². The zero-order valence-corrected chi connectivity index (χ0v) is 12.7. The van der Waals surface area contributed by atoms with Crippen LogP contribution < -0.4 is 5.32 Å². The maximum absolute atomic E-state index is 6.26. The quantitative estimate of drug-likeness (QED) is 0.805.